The molecule has 5 nitrogen and oxygen atoms in total. The van der Waals surface area contributed by atoms with Crippen molar-refractivity contribution in [3.05, 3.63) is 29.8 Å². The third-order valence-corrected chi connectivity index (χ3v) is 5.69. The van der Waals surface area contributed by atoms with Crippen LogP contribution < -0.4 is 5.32 Å². The summed E-state index contributed by atoms with van der Waals surface area (Å²) in [6, 6.07) is 6.04. The second-order valence-electron chi connectivity index (χ2n) is 6.70. The lowest BCUT2D eigenvalue weighted by Gasteiger charge is -2.39. The van der Waals surface area contributed by atoms with E-state index in [2.05, 4.69) is 5.32 Å². The zero-order chi connectivity index (χ0) is 18.3. The third-order valence-electron chi connectivity index (χ3n) is 5.47. The zero-order valence-electron chi connectivity index (χ0n) is 14.1. The maximum Gasteiger partial charge on any atom is 0.252 e. The second-order valence-corrected chi connectivity index (χ2v) is 7.04. The van der Waals surface area contributed by atoms with E-state index in [1.54, 1.807) is 27.7 Å². The highest BCUT2D eigenvalue weighted by molar-refractivity contribution is 6.67. The molecule has 0 heterocycles. The molecular weight excluding hydrogens is 330 g/mol. The van der Waals surface area contributed by atoms with Gasteiger partial charge in [-0.3, -0.25) is 19.2 Å². The van der Waals surface area contributed by atoms with Gasteiger partial charge in [0.1, 0.15) is 5.41 Å². The highest BCUT2D eigenvalue weighted by Crippen LogP contribution is 2.54. The van der Waals surface area contributed by atoms with E-state index in [4.69, 9.17) is 11.6 Å². The summed E-state index contributed by atoms with van der Waals surface area (Å²) in [7, 11) is 0. The Bertz CT molecular complexity index is 723. The van der Waals surface area contributed by atoms with Crippen molar-refractivity contribution in [2.75, 3.05) is 5.32 Å². The molecular formula is C18H20ClNO4. The molecule has 1 fully saturated rings. The summed E-state index contributed by atoms with van der Waals surface area (Å²) in [5.74, 6) is -2.15. The molecule has 0 aliphatic heterocycles. The van der Waals surface area contributed by atoms with E-state index in [1.807, 2.05) is 0 Å². The molecule has 1 amide bonds. The first-order valence-electron chi connectivity index (χ1n) is 7.79. The summed E-state index contributed by atoms with van der Waals surface area (Å²) in [6.45, 7) is 6.98. The summed E-state index contributed by atoms with van der Waals surface area (Å²) < 4.78 is 0. The Hall–Kier alpha value is -2.01. The zero-order valence-corrected chi connectivity index (χ0v) is 14.9. The molecule has 1 N–H and O–H groups in total. The number of rotatable bonds is 4. The van der Waals surface area contributed by atoms with E-state index in [-0.39, 0.29) is 6.42 Å². The van der Waals surface area contributed by atoms with Crippen molar-refractivity contribution in [1.29, 1.82) is 0 Å². The van der Waals surface area contributed by atoms with Crippen LogP contribution in [-0.2, 0) is 14.4 Å². The van der Waals surface area contributed by atoms with Crippen molar-refractivity contribution in [3.63, 3.8) is 0 Å². The summed E-state index contributed by atoms with van der Waals surface area (Å²) in [6.07, 6.45) is 0.235. The molecule has 1 saturated carbocycles. The van der Waals surface area contributed by atoms with Crippen molar-refractivity contribution in [2.45, 2.75) is 34.1 Å². The standard InChI is InChI=1S/C18H20ClNO4/c1-5-18(14(22)13(21)10(2)17(18,3)4)16(24)20-12-8-6-11(7-9-12)15(19)23/h6-10H,5H2,1-4H3,(H,20,24). The summed E-state index contributed by atoms with van der Waals surface area (Å²) in [5.41, 5.74) is -1.44. The van der Waals surface area contributed by atoms with Crippen molar-refractivity contribution in [2.24, 2.45) is 16.7 Å². The topological polar surface area (TPSA) is 80.3 Å². The number of Topliss-reactive ketones (excluding diaryl/α,β-unsaturated/α-hetero) is 2. The van der Waals surface area contributed by atoms with Crippen LogP contribution in [0.25, 0.3) is 0 Å². The van der Waals surface area contributed by atoms with Crippen LogP contribution >= 0.6 is 11.6 Å². The van der Waals surface area contributed by atoms with E-state index in [0.29, 0.717) is 11.3 Å². The number of anilines is 1. The van der Waals surface area contributed by atoms with Gasteiger partial charge in [0.15, 0.2) is 0 Å². The number of carbonyl (C=O) groups excluding carboxylic acids is 4. The number of benzene rings is 1. The number of carbonyl (C=O) groups is 4. The quantitative estimate of drug-likeness (QED) is 0.514. The number of hydrogen-bond acceptors (Lipinski definition) is 4. The molecule has 0 spiro atoms. The Kier molecular flexibility index (Phi) is 4.68. The highest BCUT2D eigenvalue weighted by Gasteiger charge is 2.66. The van der Waals surface area contributed by atoms with E-state index < -0.39 is 39.5 Å². The largest absolute Gasteiger partial charge is 0.325 e. The van der Waals surface area contributed by atoms with Crippen LogP contribution in [0, 0.1) is 16.7 Å². The van der Waals surface area contributed by atoms with Gasteiger partial charge < -0.3 is 5.32 Å². The van der Waals surface area contributed by atoms with Gasteiger partial charge in [0.25, 0.3) is 5.24 Å². The monoisotopic (exact) mass is 349 g/mol. The van der Waals surface area contributed by atoms with Crippen LogP contribution in [0.3, 0.4) is 0 Å². The van der Waals surface area contributed by atoms with Gasteiger partial charge in [0.2, 0.25) is 17.5 Å². The van der Waals surface area contributed by atoms with E-state index in [9.17, 15) is 19.2 Å². The molecule has 0 saturated heterocycles. The number of ketones is 2. The molecule has 1 aliphatic carbocycles. The van der Waals surface area contributed by atoms with Crippen LogP contribution in [-0.4, -0.2) is 22.7 Å². The predicted molar refractivity (Wildman–Crippen MR) is 90.9 cm³/mol. The van der Waals surface area contributed by atoms with Crippen molar-refractivity contribution < 1.29 is 19.2 Å². The molecule has 1 aromatic rings. The number of nitrogens with one attached hydrogen (secondary N) is 1. The van der Waals surface area contributed by atoms with Gasteiger partial charge in [0.05, 0.1) is 0 Å². The average Bonchev–Trinajstić information content (AvgIpc) is 2.66. The summed E-state index contributed by atoms with van der Waals surface area (Å²) in [4.78, 5) is 48.8. The Balaban J connectivity index is 2.37. The van der Waals surface area contributed by atoms with Crippen LogP contribution in [0.1, 0.15) is 44.5 Å². The molecule has 2 atom stereocenters. The first-order valence-corrected chi connectivity index (χ1v) is 8.17. The SMILES string of the molecule is CCC1(C(=O)Nc2ccc(C(=O)Cl)cc2)C(=O)C(=O)C(C)C1(C)C. The predicted octanol–water partition coefficient (Wildman–Crippen LogP) is 3.21. The Morgan fingerprint density at radius 3 is 2.08 bits per heavy atom. The minimum absolute atomic E-state index is 0.235. The molecule has 0 radical (unpaired) electrons. The molecule has 0 aromatic heterocycles. The lowest BCUT2D eigenvalue weighted by atomic mass is 9.62. The number of halogens is 1. The van der Waals surface area contributed by atoms with E-state index in [1.165, 1.54) is 24.3 Å². The van der Waals surface area contributed by atoms with Crippen molar-refractivity contribution in [3.8, 4) is 0 Å². The third kappa shape index (κ3) is 2.47. The Labute approximate surface area is 145 Å². The molecule has 2 rings (SSSR count). The normalized spacial score (nSPS) is 25.6. The lowest BCUT2D eigenvalue weighted by Crippen LogP contribution is -2.49. The molecule has 128 valence electrons. The van der Waals surface area contributed by atoms with Crippen LogP contribution in [0.15, 0.2) is 24.3 Å². The summed E-state index contributed by atoms with van der Waals surface area (Å²) >= 11 is 5.39. The smallest absolute Gasteiger partial charge is 0.252 e. The summed E-state index contributed by atoms with van der Waals surface area (Å²) in [5, 5.41) is 2.11. The molecule has 24 heavy (non-hydrogen) atoms. The maximum atomic E-state index is 12.9. The fourth-order valence-corrected chi connectivity index (χ4v) is 3.62. The highest BCUT2D eigenvalue weighted by atomic mass is 35.5. The van der Waals surface area contributed by atoms with Gasteiger partial charge in [-0.15, -0.1) is 0 Å². The van der Waals surface area contributed by atoms with Crippen LogP contribution in [0.4, 0.5) is 5.69 Å². The van der Waals surface area contributed by atoms with E-state index >= 15 is 0 Å². The van der Waals surface area contributed by atoms with Gasteiger partial charge in [-0.05, 0) is 47.7 Å². The maximum absolute atomic E-state index is 12.9. The van der Waals surface area contributed by atoms with Crippen LogP contribution in [0.5, 0.6) is 0 Å². The van der Waals surface area contributed by atoms with E-state index in [0.717, 1.165) is 0 Å². The molecule has 1 aliphatic rings. The molecule has 1 aromatic carbocycles. The minimum Gasteiger partial charge on any atom is -0.325 e. The lowest BCUT2D eigenvalue weighted by molar-refractivity contribution is -0.146. The molecule has 2 unspecified atom stereocenters. The Morgan fingerprint density at radius 1 is 1.17 bits per heavy atom. The minimum atomic E-state index is -1.40. The second kappa shape index (κ2) is 6.13. The molecule has 0 bridgehead atoms. The van der Waals surface area contributed by atoms with Gasteiger partial charge >= 0.3 is 0 Å². The Morgan fingerprint density at radius 2 is 1.71 bits per heavy atom. The van der Waals surface area contributed by atoms with Crippen LogP contribution in [0.2, 0.25) is 0 Å². The van der Waals surface area contributed by atoms with Gasteiger partial charge in [-0.2, -0.15) is 0 Å². The van der Waals surface area contributed by atoms with Gasteiger partial charge in [-0.1, -0.05) is 27.7 Å². The molecule has 6 heteroatoms. The first kappa shape index (κ1) is 18.3. The number of amides is 1. The average molecular weight is 350 g/mol. The number of hydrogen-bond donors (Lipinski definition) is 1. The first-order chi connectivity index (χ1) is 11.1. The fourth-order valence-electron chi connectivity index (χ4n) is 3.49. The fraction of sp³-hybridized carbons (Fsp3) is 0.444. The van der Waals surface area contributed by atoms with Crippen molar-refractivity contribution in [1.82, 2.24) is 0 Å². The van der Waals surface area contributed by atoms with Gasteiger partial charge in [-0.25, -0.2) is 0 Å². The van der Waals surface area contributed by atoms with Crippen molar-refractivity contribution >= 4 is 40.0 Å². The van der Waals surface area contributed by atoms with Gasteiger partial charge in [0, 0.05) is 17.2 Å².